The summed E-state index contributed by atoms with van der Waals surface area (Å²) in [6.07, 6.45) is 0. The van der Waals surface area contributed by atoms with E-state index in [1.54, 1.807) is 22.4 Å². The molecule has 0 aliphatic rings. The summed E-state index contributed by atoms with van der Waals surface area (Å²) in [7, 11) is 1.80. The molecular weight excluding hydrogens is 277 g/mol. The van der Waals surface area contributed by atoms with Gasteiger partial charge < -0.3 is 4.98 Å². The van der Waals surface area contributed by atoms with Gasteiger partial charge in [-0.1, -0.05) is 0 Å². The molecule has 1 aromatic carbocycles. The highest BCUT2D eigenvalue weighted by Crippen LogP contribution is 2.24. The third-order valence-corrected chi connectivity index (χ3v) is 3.44. The van der Waals surface area contributed by atoms with E-state index in [9.17, 15) is 9.65 Å². The van der Waals surface area contributed by atoms with Crippen LogP contribution < -0.4 is 0 Å². The fourth-order valence-electron chi connectivity index (χ4n) is 2.32. The molecule has 3 aromatic rings. The van der Waals surface area contributed by atoms with E-state index in [2.05, 4.69) is 10.1 Å². The number of aromatic nitrogens is 4. The third-order valence-electron chi connectivity index (χ3n) is 3.16. The van der Waals surface area contributed by atoms with Gasteiger partial charge in [-0.25, -0.2) is 9.07 Å². The number of imidazole rings is 1. The van der Waals surface area contributed by atoms with Crippen LogP contribution in [0.25, 0.3) is 16.9 Å². The van der Waals surface area contributed by atoms with E-state index in [-0.39, 0.29) is 5.56 Å². The topological polar surface area (TPSA) is 62.3 Å². The highest BCUT2D eigenvalue weighted by atomic mass is 32.1. The van der Waals surface area contributed by atoms with Gasteiger partial charge in [0.05, 0.1) is 16.9 Å². The van der Waals surface area contributed by atoms with Crippen LogP contribution in [0, 0.1) is 28.8 Å². The summed E-state index contributed by atoms with van der Waals surface area (Å²) in [4.78, 5) is 3.07. The van der Waals surface area contributed by atoms with E-state index in [0.717, 1.165) is 16.9 Å². The molecule has 2 heterocycles. The Kier molecular flexibility index (Phi) is 2.69. The molecule has 20 heavy (non-hydrogen) atoms. The number of hydrogen-bond acceptors (Lipinski definition) is 3. The van der Waals surface area contributed by atoms with Crippen LogP contribution in [-0.4, -0.2) is 19.3 Å². The van der Waals surface area contributed by atoms with Crippen LogP contribution in [0.3, 0.4) is 0 Å². The molecule has 0 amide bonds. The van der Waals surface area contributed by atoms with Crippen molar-refractivity contribution >= 4 is 23.4 Å². The van der Waals surface area contributed by atoms with Crippen LogP contribution in [0.4, 0.5) is 4.39 Å². The number of rotatable bonds is 1. The van der Waals surface area contributed by atoms with Crippen molar-refractivity contribution in [2.24, 2.45) is 7.05 Å². The molecule has 1 N–H and O–H groups in total. The molecule has 100 valence electrons. The molecule has 0 fully saturated rings. The van der Waals surface area contributed by atoms with E-state index >= 15 is 0 Å². The summed E-state index contributed by atoms with van der Waals surface area (Å²) >= 11 is 5.31. The molecule has 7 heteroatoms. The number of fused-ring (bicyclic) bond motifs is 1. The molecule has 5 nitrogen and oxygen atoms in total. The maximum atomic E-state index is 13.3. The van der Waals surface area contributed by atoms with Gasteiger partial charge in [-0.2, -0.15) is 10.4 Å². The van der Waals surface area contributed by atoms with Crippen molar-refractivity contribution in [3.63, 3.8) is 0 Å². The molecule has 0 spiro atoms. The minimum absolute atomic E-state index is 0.223. The number of halogens is 1. The van der Waals surface area contributed by atoms with Crippen LogP contribution in [-0.2, 0) is 7.05 Å². The van der Waals surface area contributed by atoms with Gasteiger partial charge in [0.15, 0.2) is 10.4 Å². The van der Waals surface area contributed by atoms with Crippen molar-refractivity contribution in [2.75, 3.05) is 0 Å². The maximum Gasteiger partial charge on any atom is 0.184 e. The Hall–Kier alpha value is -2.46. The Labute approximate surface area is 118 Å². The fraction of sp³-hybridized carbons (Fsp3) is 0.154. The molecule has 0 saturated carbocycles. The second kappa shape index (κ2) is 4.28. The summed E-state index contributed by atoms with van der Waals surface area (Å²) in [6, 6.07) is 6.03. The summed E-state index contributed by atoms with van der Waals surface area (Å²) in [5.41, 5.74) is 3.13. The van der Waals surface area contributed by atoms with Crippen molar-refractivity contribution in [3.8, 4) is 11.8 Å². The van der Waals surface area contributed by atoms with Gasteiger partial charge in [0.1, 0.15) is 17.4 Å². The van der Waals surface area contributed by atoms with Crippen molar-refractivity contribution in [3.05, 3.63) is 40.0 Å². The Morgan fingerprint density at radius 3 is 2.90 bits per heavy atom. The molecule has 3 rings (SSSR count). The number of H-pyrrole nitrogens is 1. The molecule has 2 aromatic heterocycles. The highest BCUT2D eigenvalue weighted by molar-refractivity contribution is 7.71. The molecule has 0 bridgehead atoms. The Bertz CT molecular complexity index is 925. The summed E-state index contributed by atoms with van der Waals surface area (Å²) in [5.74, 6) is -0.454. The minimum Gasteiger partial charge on any atom is -0.327 e. The molecule has 0 unspecified atom stereocenters. The first-order chi connectivity index (χ1) is 9.52. The first-order valence-corrected chi connectivity index (χ1v) is 6.28. The van der Waals surface area contributed by atoms with Crippen LogP contribution in [0.2, 0.25) is 0 Å². The van der Waals surface area contributed by atoms with Gasteiger partial charge in [-0.3, -0.25) is 4.57 Å². The number of aromatic amines is 1. The number of nitriles is 1. The van der Waals surface area contributed by atoms with E-state index in [4.69, 9.17) is 12.2 Å². The highest BCUT2D eigenvalue weighted by Gasteiger charge is 2.16. The summed E-state index contributed by atoms with van der Waals surface area (Å²) in [6.45, 7) is 1.87. The number of nitrogens with zero attached hydrogens (tertiary/aromatic N) is 4. The number of nitrogens with one attached hydrogen (secondary N) is 1. The lowest BCUT2D eigenvalue weighted by Crippen LogP contribution is -2.03. The van der Waals surface area contributed by atoms with Gasteiger partial charge in [-0.15, -0.1) is 0 Å². The Morgan fingerprint density at radius 2 is 2.20 bits per heavy atom. The smallest absolute Gasteiger partial charge is 0.184 e. The summed E-state index contributed by atoms with van der Waals surface area (Å²) in [5, 5.41) is 13.5. The monoisotopic (exact) mass is 287 g/mol. The fourth-order valence-corrected chi connectivity index (χ4v) is 2.61. The van der Waals surface area contributed by atoms with Crippen molar-refractivity contribution in [2.45, 2.75) is 6.92 Å². The molecule has 0 radical (unpaired) electrons. The van der Waals surface area contributed by atoms with Crippen LogP contribution in [0.5, 0.6) is 0 Å². The van der Waals surface area contributed by atoms with Crippen LogP contribution >= 0.6 is 12.2 Å². The zero-order valence-electron chi connectivity index (χ0n) is 10.8. The predicted molar refractivity (Wildman–Crippen MR) is 74.6 cm³/mol. The zero-order valence-corrected chi connectivity index (χ0v) is 11.6. The molecular formula is C13H10FN5S. The van der Waals surface area contributed by atoms with Gasteiger partial charge >= 0.3 is 0 Å². The van der Waals surface area contributed by atoms with Gasteiger partial charge in [0.25, 0.3) is 0 Å². The Balaban J connectivity index is 2.44. The van der Waals surface area contributed by atoms with E-state index in [1.165, 1.54) is 12.1 Å². The third kappa shape index (κ3) is 1.66. The lowest BCUT2D eigenvalue weighted by atomic mass is 10.2. The molecule has 0 aliphatic carbocycles. The lowest BCUT2D eigenvalue weighted by molar-refractivity contribution is 0.626. The second-order valence-corrected chi connectivity index (χ2v) is 4.83. The largest absolute Gasteiger partial charge is 0.327 e. The van der Waals surface area contributed by atoms with Gasteiger partial charge in [-0.05, 0) is 37.3 Å². The zero-order chi connectivity index (χ0) is 14.4. The van der Waals surface area contributed by atoms with Gasteiger partial charge in [0, 0.05) is 7.05 Å². The van der Waals surface area contributed by atoms with E-state index in [1.807, 2.05) is 13.0 Å². The second-order valence-electron chi connectivity index (χ2n) is 4.45. The number of hydrogen-bond donors (Lipinski definition) is 1. The quantitative estimate of drug-likeness (QED) is 0.700. The average molecular weight is 287 g/mol. The van der Waals surface area contributed by atoms with Crippen LogP contribution in [0.15, 0.2) is 18.2 Å². The van der Waals surface area contributed by atoms with Crippen molar-refractivity contribution in [1.82, 2.24) is 19.3 Å². The first kappa shape index (κ1) is 12.6. The van der Waals surface area contributed by atoms with E-state index < -0.39 is 5.82 Å². The lowest BCUT2D eigenvalue weighted by Gasteiger charge is -2.07. The van der Waals surface area contributed by atoms with Gasteiger partial charge in [0.2, 0.25) is 0 Å². The molecule has 0 atom stereocenters. The van der Waals surface area contributed by atoms with Crippen molar-refractivity contribution < 1.29 is 4.39 Å². The standard InChI is InChI=1S/C13H10FN5S/c1-7-11-12(18(2)17-7)19(13(20)16-11)10-4-3-9(14)5-8(10)6-15/h3-5H,1-2H3,(H,16,20). The minimum atomic E-state index is -0.454. The number of benzene rings is 1. The Morgan fingerprint density at radius 1 is 1.45 bits per heavy atom. The van der Waals surface area contributed by atoms with E-state index in [0.29, 0.717) is 10.5 Å². The first-order valence-electron chi connectivity index (χ1n) is 5.87. The van der Waals surface area contributed by atoms with Crippen molar-refractivity contribution in [1.29, 1.82) is 5.26 Å². The maximum absolute atomic E-state index is 13.3. The predicted octanol–water partition coefficient (Wildman–Crippen LogP) is 2.74. The normalized spacial score (nSPS) is 10.9. The molecule has 0 saturated heterocycles. The van der Waals surface area contributed by atoms with Crippen LogP contribution in [0.1, 0.15) is 11.3 Å². The summed E-state index contributed by atoms with van der Waals surface area (Å²) < 4.78 is 17.1. The number of aryl methyl sites for hydroxylation is 2. The molecule has 0 aliphatic heterocycles. The SMILES string of the molecule is Cc1nn(C)c2c1[nH]c(=S)n2-c1ccc(F)cc1C#N. The average Bonchev–Trinajstić information content (AvgIpc) is 2.88.